The molecular formula is C63H40N6. The number of hydrogen-bond acceptors (Lipinski definition) is 3. The standard InChI is InChI=1S/C63H40N6/c1-4-19-41(20-5-1)45-23-18-24-46(39-45)42-35-37-44(38-36-42)62-64-61(43-21-6-2-7-22-43)65-63(66-62)69-55-33-16-12-29-50(55)52-40-57(68-53-31-14-10-27-48(53)49-28-11-15-32-54(49)68)60-58(59(52)69)51-30-13-17-34-56(51)67(60)47-25-8-3-9-26-47/h1-40H. The Balaban J connectivity index is 1.07. The third kappa shape index (κ3) is 6.16. The van der Waals surface area contributed by atoms with Crippen LogP contribution < -0.4 is 0 Å². The fraction of sp³-hybridized carbons (Fsp3) is 0. The van der Waals surface area contributed by atoms with Gasteiger partial charge in [0.25, 0.3) is 0 Å². The fourth-order valence-electron chi connectivity index (χ4n) is 10.6. The van der Waals surface area contributed by atoms with Crippen molar-refractivity contribution in [3.05, 3.63) is 243 Å². The first kappa shape index (κ1) is 38.8. The second kappa shape index (κ2) is 15.6. The summed E-state index contributed by atoms with van der Waals surface area (Å²) in [4.78, 5) is 16.1. The smallest absolute Gasteiger partial charge is 0.238 e. The summed E-state index contributed by atoms with van der Waals surface area (Å²) in [6.07, 6.45) is 0. The van der Waals surface area contributed by atoms with Crippen LogP contribution in [0, 0.1) is 0 Å². The monoisotopic (exact) mass is 880 g/mol. The number of para-hydroxylation sites is 5. The zero-order chi connectivity index (χ0) is 45.4. The number of fused-ring (bicyclic) bond motifs is 10. The van der Waals surface area contributed by atoms with Gasteiger partial charge in [-0.3, -0.25) is 4.57 Å². The number of nitrogens with zero attached hydrogens (tertiary/aromatic N) is 6. The Morgan fingerprint density at radius 3 is 1.28 bits per heavy atom. The molecule has 0 amide bonds. The van der Waals surface area contributed by atoms with Crippen LogP contribution in [0.5, 0.6) is 0 Å². The van der Waals surface area contributed by atoms with Crippen LogP contribution in [0.25, 0.3) is 128 Å². The summed E-state index contributed by atoms with van der Waals surface area (Å²) in [6, 6.07) is 86.2. The van der Waals surface area contributed by atoms with Crippen molar-refractivity contribution >= 4 is 65.4 Å². The molecule has 4 aromatic heterocycles. The van der Waals surface area contributed by atoms with E-state index < -0.39 is 0 Å². The number of rotatable bonds is 7. The molecule has 0 aliphatic carbocycles. The summed E-state index contributed by atoms with van der Waals surface area (Å²) in [7, 11) is 0. The topological polar surface area (TPSA) is 53.5 Å². The van der Waals surface area contributed by atoms with E-state index in [1.165, 1.54) is 21.9 Å². The SMILES string of the molecule is c1ccc(-c2cccc(-c3ccc(-c4nc(-c5ccccc5)nc(-n5c6ccccc6c6cc(-n7c8ccccc8c8ccccc87)c7c(c8ccccc8n7-c7ccccc7)c65)n4)cc3)c2)cc1. The van der Waals surface area contributed by atoms with Gasteiger partial charge in [0.05, 0.1) is 38.8 Å². The van der Waals surface area contributed by atoms with Crippen molar-refractivity contribution in [1.29, 1.82) is 0 Å². The average molecular weight is 881 g/mol. The second-order valence-electron chi connectivity index (χ2n) is 17.6. The van der Waals surface area contributed by atoms with Crippen LogP contribution in [0.15, 0.2) is 243 Å². The highest BCUT2D eigenvalue weighted by Crippen LogP contribution is 2.46. The first-order chi connectivity index (χ1) is 34.2. The maximum absolute atomic E-state index is 5.46. The van der Waals surface area contributed by atoms with Crippen molar-refractivity contribution in [2.24, 2.45) is 0 Å². The average Bonchev–Trinajstić information content (AvgIpc) is 4.07. The van der Waals surface area contributed by atoms with E-state index in [-0.39, 0.29) is 0 Å². The number of aromatic nitrogens is 6. The lowest BCUT2D eigenvalue weighted by Gasteiger charge is -2.16. The van der Waals surface area contributed by atoms with Gasteiger partial charge in [0.1, 0.15) is 0 Å². The van der Waals surface area contributed by atoms with Crippen LogP contribution in [-0.2, 0) is 0 Å². The molecule has 322 valence electrons. The molecule has 0 bridgehead atoms. The summed E-state index contributed by atoms with van der Waals surface area (Å²) in [5, 5.41) is 6.90. The summed E-state index contributed by atoms with van der Waals surface area (Å²) >= 11 is 0. The van der Waals surface area contributed by atoms with Gasteiger partial charge in [-0.2, -0.15) is 9.97 Å². The molecular weight excluding hydrogens is 841 g/mol. The van der Waals surface area contributed by atoms with Crippen molar-refractivity contribution in [2.45, 2.75) is 0 Å². The third-order valence-electron chi connectivity index (χ3n) is 13.7. The molecule has 0 N–H and O–H groups in total. The molecule has 0 fully saturated rings. The molecule has 0 unspecified atom stereocenters. The van der Waals surface area contributed by atoms with Crippen LogP contribution in [0.1, 0.15) is 0 Å². The van der Waals surface area contributed by atoms with Gasteiger partial charge >= 0.3 is 0 Å². The maximum Gasteiger partial charge on any atom is 0.238 e. The molecule has 0 spiro atoms. The molecule has 0 saturated heterocycles. The Kier molecular flexibility index (Phi) is 8.79. The van der Waals surface area contributed by atoms with Gasteiger partial charge in [-0.25, -0.2) is 4.98 Å². The van der Waals surface area contributed by atoms with Gasteiger partial charge in [-0.1, -0.05) is 194 Å². The largest absolute Gasteiger partial charge is 0.307 e. The fourth-order valence-corrected chi connectivity index (χ4v) is 10.6. The summed E-state index contributed by atoms with van der Waals surface area (Å²) in [5.74, 6) is 1.75. The quantitative estimate of drug-likeness (QED) is 0.160. The van der Waals surface area contributed by atoms with E-state index in [0.717, 1.165) is 88.3 Å². The Hall–Kier alpha value is -9.39. The molecule has 0 saturated carbocycles. The van der Waals surface area contributed by atoms with E-state index in [4.69, 9.17) is 15.0 Å². The first-order valence-corrected chi connectivity index (χ1v) is 23.4. The molecule has 4 heterocycles. The van der Waals surface area contributed by atoms with Crippen molar-refractivity contribution in [2.75, 3.05) is 0 Å². The lowest BCUT2D eigenvalue weighted by Crippen LogP contribution is -2.07. The first-order valence-electron chi connectivity index (χ1n) is 23.4. The highest BCUT2D eigenvalue weighted by molar-refractivity contribution is 6.28. The van der Waals surface area contributed by atoms with Crippen LogP contribution in [0.2, 0.25) is 0 Å². The number of benzene rings is 10. The minimum absolute atomic E-state index is 0.548. The zero-order valence-electron chi connectivity index (χ0n) is 37.3. The van der Waals surface area contributed by atoms with Crippen LogP contribution >= 0.6 is 0 Å². The van der Waals surface area contributed by atoms with E-state index in [1.807, 2.05) is 18.2 Å². The predicted molar refractivity (Wildman–Crippen MR) is 285 cm³/mol. The molecule has 0 radical (unpaired) electrons. The van der Waals surface area contributed by atoms with Gasteiger partial charge in [-0.15, -0.1) is 0 Å². The van der Waals surface area contributed by atoms with Gasteiger partial charge in [0.15, 0.2) is 11.6 Å². The van der Waals surface area contributed by atoms with Crippen molar-refractivity contribution in [3.8, 4) is 62.4 Å². The van der Waals surface area contributed by atoms with Gasteiger partial charge in [0, 0.05) is 49.1 Å². The molecule has 10 aromatic carbocycles. The molecule has 14 rings (SSSR count). The molecule has 0 atom stereocenters. The van der Waals surface area contributed by atoms with Gasteiger partial charge < -0.3 is 9.13 Å². The lowest BCUT2D eigenvalue weighted by atomic mass is 9.98. The lowest BCUT2D eigenvalue weighted by molar-refractivity contribution is 0.955. The third-order valence-corrected chi connectivity index (χ3v) is 13.7. The van der Waals surface area contributed by atoms with Crippen LogP contribution in [0.3, 0.4) is 0 Å². The van der Waals surface area contributed by atoms with Crippen molar-refractivity contribution in [3.63, 3.8) is 0 Å². The molecule has 6 heteroatoms. The van der Waals surface area contributed by atoms with E-state index in [9.17, 15) is 0 Å². The highest BCUT2D eigenvalue weighted by atomic mass is 15.2. The summed E-state index contributed by atoms with van der Waals surface area (Å²) < 4.78 is 7.19. The van der Waals surface area contributed by atoms with Gasteiger partial charge in [-0.05, 0) is 70.8 Å². The normalized spacial score (nSPS) is 11.8. The van der Waals surface area contributed by atoms with E-state index in [2.05, 4.69) is 238 Å². The Morgan fingerprint density at radius 2 is 0.681 bits per heavy atom. The van der Waals surface area contributed by atoms with Gasteiger partial charge in [0.2, 0.25) is 5.95 Å². The van der Waals surface area contributed by atoms with Crippen molar-refractivity contribution in [1.82, 2.24) is 28.7 Å². The summed E-state index contributed by atoms with van der Waals surface area (Å²) in [6.45, 7) is 0. The maximum atomic E-state index is 5.46. The molecule has 14 aromatic rings. The zero-order valence-corrected chi connectivity index (χ0v) is 37.3. The molecule has 0 aliphatic heterocycles. The van der Waals surface area contributed by atoms with E-state index in [0.29, 0.717) is 17.6 Å². The van der Waals surface area contributed by atoms with Crippen LogP contribution in [-0.4, -0.2) is 28.7 Å². The van der Waals surface area contributed by atoms with Crippen molar-refractivity contribution < 1.29 is 0 Å². The molecule has 6 nitrogen and oxygen atoms in total. The molecule has 69 heavy (non-hydrogen) atoms. The minimum Gasteiger partial charge on any atom is -0.307 e. The summed E-state index contributed by atoms with van der Waals surface area (Å²) in [5.41, 5.74) is 15.2. The number of hydrogen-bond donors (Lipinski definition) is 0. The van der Waals surface area contributed by atoms with E-state index >= 15 is 0 Å². The minimum atomic E-state index is 0.548. The Labute approximate surface area is 397 Å². The van der Waals surface area contributed by atoms with Crippen LogP contribution in [0.4, 0.5) is 0 Å². The highest BCUT2D eigenvalue weighted by Gasteiger charge is 2.27. The Morgan fingerprint density at radius 1 is 0.261 bits per heavy atom. The predicted octanol–water partition coefficient (Wildman–Crippen LogP) is 15.8. The molecule has 0 aliphatic rings. The van der Waals surface area contributed by atoms with E-state index in [1.54, 1.807) is 0 Å². The Bertz CT molecular complexity index is 4230. The second-order valence-corrected chi connectivity index (χ2v) is 17.6.